The molecule has 0 saturated carbocycles. The number of ether oxygens (including phenoxy) is 1. The average molecular weight is 845 g/mol. The van der Waals surface area contributed by atoms with Crippen LogP contribution in [-0.4, -0.2) is 44.4 Å². The summed E-state index contributed by atoms with van der Waals surface area (Å²) in [7, 11) is 4.34. The molecule has 3 aromatic heterocycles. The van der Waals surface area contributed by atoms with Gasteiger partial charge in [-0.15, -0.1) is 35.7 Å². The van der Waals surface area contributed by atoms with Crippen LogP contribution in [-0.2, 0) is 26.5 Å². The molecule has 0 radical (unpaired) electrons. The maximum Gasteiger partial charge on any atom is 2.00 e. The van der Waals surface area contributed by atoms with Crippen molar-refractivity contribution in [2.75, 3.05) is 14.1 Å². The first kappa shape index (κ1) is 35.8. The van der Waals surface area contributed by atoms with Crippen LogP contribution in [0.3, 0.4) is 0 Å². The van der Waals surface area contributed by atoms with Gasteiger partial charge in [-0.2, -0.15) is 16.7 Å². The van der Waals surface area contributed by atoms with Crippen LogP contribution in [0.1, 0.15) is 75.0 Å². The van der Waals surface area contributed by atoms with E-state index < -0.39 is 0 Å². The Bertz CT molecular complexity index is 2230. The molecule has 1 unspecified atom stereocenters. The van der Waals surface area contributed by atoms with E-state index >= 15 is 0 Å². The number of hydrogen-bond donors (Lipinski definition) is 0. The first-order valence-corrected chi connectivity index (χ1v) is 17.4. The van der Waals surface area contributed by atoms with Crippen molar-refractivity contribution in [1.29, 1.82) is 0 Å². The quantitative estimate of drug-likeness (QED) is 0.124. The number of rotatable bonds is 6. The first-order chi connectivity index (χ1) is 23.3. The summed E-state index contributed by atoms with van der Waals surface area (Å²) in [5.41, 5.74) is 10.2. The Morgan fingerprint density at radius 3 is 2.38 bits per heavy atom. The molecule has 0 spiro atoms. The van der Waals surface area contributed by atoms with E-state index in [0.717, 1.165) is 56.7 Å². The molecule has 7 heteroatoms. The molecule has 1 aliphatic rings. The number of likely N-dealkylation sites (N-methyl/N-ethyl adjacent to an activating group) is 1. The second kappa shape index (κ2) is 13.6. The maximum absolute atomic E-state index is 6.56. The van der Waals surface area contributed by atoms with Gasteiger partial charge in [-0.3, -0.25) is 4.68 Å². The molecule has 7 rings (SSSR count). The van der Waals surface area contributed by atoms with Gasteiger partial charge in [0.2, 0.25) is 0 Å². The molecule has 0 amide bonds. The Balaban J connectivity index is 0.00000432. The van der Waals surface area contributed by atoms with Crippen molar-refractivity contribution in [3.05, 3.63) is 119 Å². The van der Waals surface area contributed by atoms with Crippen LogP contribution in [0, 0.1) is 38.8 Å². The molecular formula is C43H47N5OPt. The van der Waals surface area contributed by atoms with Crippen molar-refractivity contribution in [1.82, 2.24) is 24.2 Å². The minimum atomic E-state index is -0.00128. The van der Waals surface area contributed by atoms with Crippen LogP contribution in [0.25, 0.3) is 33.3 Å². The van der Waals surface area contributed by atoms with E-state index in [1.165, 1.54) is 16.7 Å². The van der Waals surface area contributed by atoms with Crippen molar-refractivity contribution < 1.29 is 25.8 Å². The van der Waals surface area contributed by atoms with E-state index in [-0.39, 0.29) is 26.5 Å². The van der Waals surface area contributed by atoms with Crippen molar-refractivity contribution >= 4 is 21.8 Å². The number of benzene rings is 3. The molecule has 3 atom stereocenters. The van der Waals surface area contributed by atoms with E-state index in [9.17, 15) is 0 Å². The zero-order chi connectivity index (χ0) is 34.8. The SMILES string of the molecule is CC1=C[C@H](N(C)C)C[C@H](C)C1c1c(C)nn(-c2[c-]c(Oc3[c-]c4c(cc3)c3ccccc3n4-c3cc(C(C)(C)C)ccn3)cc(C)c2)c1C.[Pt+2]. The topological polar surface area (TPSA) is 48.1 Å². The zero-order valence-electron chi connectivity index (χ0n) is 30.8. The van der Waals surface area contributed by atoms with Crippen molar-refractivity contribution in [3.63, 3.8) is 0 Å². The van der Waals surface area contributed by atoms with Gasteiger partial charge in [0.05, 0.1) is 5.69 Å². The zero-order valence-corrected chi connectivity index (χ0v) is 33.1. The molecule has 0 bridgehead atoms. The van der Waals surface area contributed by atoms with E-state index in [0.29, 0.717) is 29.4 Å². The van der Waals surface area contributed by atoms with Crippen LogP contribution in [0.2, 0.25) is 0 Å². The molecule has 0 aliphatic heterocycles. The summed E-state index contributed by atoms with van der Waals surface area (Å²) >= 11 is 0. The Kier molecular flexibility index (Phi) is 9.76. The number of fused-ring (bicyclic) bond motifs is 3. The van der Waals surface area contributed by atoms with E-state index in [2.05, 4.69) is 146 Å². The maximum atomic E-state index is 6.56. The molecule has 0 saturated heterocycles. The molecule has 50 heavy (non-hydrogen) atoms. The number of allylic oxidation sites excluding steroid dienone is 1. The van der Waals surface area contributed by atoms with Crippen molar-refractivity contribution in [3.8, 4) is 23.0 Å². The molecule has 260 valence electrons. The summed E-state index contributed by atoms with van der Waals surface area (Å²) in [6.07, 6.45) is 5.47. The second-order valence-electron chi connectivity index (χ2n) is 15.2. The van der Waals surface area contributed by atoms with Gasteiger partial charge < -0.3 is 14.2 Å². The van der Waals surface area contributed by atoms with Crippen LogP contribution in [0.15, 0.2) is 78.5 Å². The Morgan fingerprint density at radius 1 is 0.900 bits per heavy atom. The average Bonchev–Trinajstić information content (AvgIpc) is 3.53. The Labute approximate surface area is 311 Å². The fraction of sp³-hybridized carbons (Fsp3) is 0.349. The van der Waals surface area contributed by atoms with Crippen LogP contribution in [0.4, 0.5) is 0 Å². The molecule has 6 nitrogen and oxygen atoms in total. The summed E-state index contributed by atoms with van der Waals surface area (Å²) in [4.78, 5) is 7.14. The standard InChI is InChI=1S/C43H47N5O.Pt/c1-26-19-33(48-30(5)42(29(4)45-48)41-27(2)21-32(46(9)10)22-28(41)3)24-35(20-26)49-34-15-16-37-36-13-11-12-14-38(36)47(39(37)25-34)40-23-31(17-18-44-40)43(6,7)8;/h11-21,23,28,32,41H,22H2,1-10H3;/q-2;+2/t28-,32-,41?;/m0./s1. The van der Waals surface area contributed by atoms with Gasteiger partial charge in [-0.25, -0.2) is 4.98 Å². The van der Waals surface area contributed by atoms with E-state index in [1.54, 1.807) is 0 Å². The third-order valence-electron chi connectivity index (χ3n) is 10.3. The summed E-state index contributed by atoms with van der Waals surface area (Å²) in [5.74, 6) is 2.98. The van der Waals surface area contributed by atoms with Crippen LogP contribution >= 0.6 is 0 Å². The third-order valence-corrected chi connectivity index (χ3v) is 10.3. The number of aryl methyl sites for hydroxylation is 2. The smallest absolute Gasteiger partial charge is 0.509 e. The predicted molar refractivity (Wildman–Crippen MR) is 201 cm³/mol. The fourth-order valence-electron chi connectivity index (χ4n) is 7.78. The van der Waals surface area contributed by atoms with Gasteiger partial charge in [0.25, 0.3) is 0 Å². The van der Waals surface area contributed by atoms with E-state index in [4.69, 9.17) is 14.8 Å². The number of aromatic nitrogens is 4. The first-order valence-electron chi connectivity index (χ1n) is 17.4. The fourth-order valence-corrected chi connectivity index (χ4v) is 7.78. The largest absolute Gasteiger partial charge is 2.00 e. The van der Waals surface area contributed by atoms with Gasteiger partial charge in [0, 0.05) is 46.4 Å². The normalized spacial score (nSPS) is 18.1. The summed E-state index contributed by atoms with van der Waals surface area (Å²) in [6.45, 7) is 17.8. The van der Waals surface area contributed by atoms with Crippen molar-refractivity contribution in [2.24, 2.45) is 5.92 Å². The van der Waals surface area contributed by atoms with Crippen LogP contribution in [0.5, 0.6) is 11.5 Å². The van der Waals surface area contributed by atoms with Crippen LogP contribution < -0.4 is 4.74 Å². The number of pyridine rings is 1. The van der Waals surface area contributed by atoms with Gasteiger partial charge in [0.15, 0.2) is 0 Å². The minimum Gasteiger partial charge on any atom is -0.509 e. The molecule has 6 aromatic rings. The predicted octanol–water partition coefficient (Wildman–Crippen LogP) is 9.98. The molecule has 0 N–H and O–H groups in total. The number of nitrogens with zero attached hydrogens (tertiary/aromatic N) is 5. The summed E-state index contributed by atoms with van der Waals surface area (Å²) in [6, 6.07) is 28.6. The molecule has 3 heterocycles. The van der Waals surface area contributed by atoms with Crippen molar-refractivity contribution in [2.45, 2.75) is 79.2 Å². The Morgan fingerprint density at radius 2 is 1.66 bits per heavy atom. The molecule has 0 fully saturated rings. The van der Waals surface area contributed by atoms with Gasteiger partial charge in [-0.1, -0.05) is 70.0 Å². The second-order valence-corrected chi connectivity index (χ2v) is 15.2. The third kappa shape index (κ3) is 6.49. The van der Waals surface area contributed by atoms with E-state index in [1.807, 2.05) is 23.0 Å². The number of hydrogen-bond acceptors (Lipinski definition) is 4. The van der Waals surface area contributed by atoms with Gasteiger partial charge in [0.1, 0.15) is 5.82 Å². The van der Waals surface area contributed by atoms with Gasteiger partial charge >= 0.3 is 21.1 Å². The summed E-state index contributed by atoms with van der Waals surface area (Å²) < 4.78 is 10.8. The Hall–Kier alpha value is -3.99. The summed E-state index contributed by atoms with van der Waals surface area (Å²) in [5, 5.41) is 7.34. The monoisotopic (exact) mass is 844 g/mol. The molecular weight excluding hydrogens is 798 g/mol. The minimum absolute atomic E-state index is 0. The van der Waals surface area contributed by atoms with Gasteiger partial charge in [-0.05, 0) is 87.5 Å². The molecule has 1 aliphatic carbocycles. The number of para-hydroxylation sites is 1. The molecule has 3 aromatic carbocycles.